The van der Waals surface area contributed by atoms with E-state index >= 15 is 0 Å². The number of hydrogen-bond donors (Lipinski definition) is 3. The second kappa shape index (κ2) is 6.06. The Kier molecular flexibility index (Phi) is 4.73. The van der Waals surface area contributed by atoms with Crippen LogP contribution in [0, 0.1) is 11.6 Å². The Labute approximate surface area is 102 Å². The average Bonchev–Trinajstić information content (AvgIpc) is 2.29. The lowest BCUT2D eigenvalue weighted by molar-refractivity contribution is -0.116. The largest absolute Gasteiger partial charge is 0.366 e. The number of anilines is 1. The number of carbonyl (C=O) groups excluding carboxylic acids is 2. The summed E-state index contributed by atoms with van der Waals surface area (Å²) in [4.78, 5) is 22.2. The summed E-state index contributed by atoms with van der Waals surface area (Å²) in [6.07, 6.45) is 0.124. The topological polar surface area (TPSA) is 84.2 Å². The number of primary amides is 1. The van der Waals surface area contributed by atoms with Crippen LogP contribution in [0.1, 0.15) is 16.8 Å². The minimum Gasteiger partial charge on any atom is -0.366 e. The molecule has 0 saturated heterocycles. The molecule has 0 aliphatic heterocycles. The molecular formula is C11H13F2N3O2. The van der Waals surface area contributed by atoms with Gasteiger partial charge < -0.3 is 16.4 Å². The van der Waals surface area contributed by atoms with E-state index in [1.165, 1.54) is 0 Å². The van der Waals surface area contributed by atoms with Crippen molar-refractivity contribution in [3.63, 3.8) is 0 Å². The normalized spacial score (nSPS) is 10.2. The van der Waals surface area contributed by atoms with E-state index < -0.39 is 29.0 Å². The number of halogens is 2. The van der Waals surface area contributed by atoms with E-state index in [1.54, 1.807) is 7.05 Å². The van der Waals surface area contributed by atoms with E-state index in [0.717, 1.165) is 6.07 Å². The van der Waals surface area contributed by atoms with Crippen molar-refractivity contribution < 1.29 is 18.4 Å². The van der Waals surface area contributed by atoms with Gasteiger partial charge in [0.05, 0.1) is 11.3 Å². The van der Waals surface area contributed by atoms with Crippen LogP contribution in [0.15, 0.2) is 12.1 Å². The summed E-state index contributed by atoms with van der Waals surface area (Å²) < 4.78 is 26.5. The molecule has 0 atom stereocenters. The van der Waals surface area contributed by atoms with Gasteiger partial charge >= 0.3 is 0 Å². The average molecular weight is 257 g/mol. The van der Waals surface area contributed by atoms with Crippen molar-refractivity contribution in [3.05, 3.63) is 29.3 Å². The third-order valence-corrected chi connectivity index (χ3v) is 2.20. The van der Waals surface area contributed by atoms with Crippen molar-refractivity contribution in [2.24, 2.45) is 5.73 Å². The third kappa shape index (κ3) is 3.49. The Morgan fingerprint density at radius 2 is 1.94 bits per heavy atom. The lowest BCUT2D eigenvalue weighted by atomic mass is 10.1. The molecule has 4 N–H and O–H groups in total. The van der Waals surface area contributed by atoms with Gasteiger partial charge in [-0.15, -0.1) is 0 Å². The van der Waals surface area contributed by atoms with Crippen LogP contribution in [0.3, 0.4) is 0 Å². The van der Waals surface area contributed by atoms with Gasteiger partial charge in [0, 0.05) is 19.0 Å². The number of nitrogens with one attached hydrogen (secondary N) is 2. The highest BCUT2D eigenvalue weighted by Crippen LogP contribution is 2.19. The van der Waals surface area contributed by atoms with Gasteiger partial charge in [-0.2, -0.15) is 0 Å². The standard InChI is InChI=1S/C11H13F2N3O2/c1-15-3-2-10(17)16-9-4-6(11(14)18)7(12)5-8(9)13/h4-5,15H,2-3H2,1H3,(H2,14,18)(H,16,17). The maximum absolute atomic E-state index is 13.4. The van der Waals surface area contributed by atoms with E-state index in [4.69, 9.17) is 5.73 Å². The summed E-state index contributed by atoms with van der Waals surface area (Å²) in [5, 5.41) is 4.99. The van der Waals surface area contributed by atoms with Gasteiger partial charge in [-0.1, -0.05) is 0 Å². The third-order valence-electron chi connectivity index (χ3n) is 2.20. The van der Waals surface area contributed by atoms with E-state index in [0.29, 0.717) is 12.6 Å². The first-order chi connectivity index (χ1) is 8.45. The summed E-state index contributed by atoms with van der Waals surface area (Å²) in [5.41, 5.74) is 4.18. The van der Waals surface area contributed by atoms with Crippen LogP contribution < -0.4 is 16.4 Å². The number of benzene rings is 1. The number of hydrogen-bond acceptors (Lipinski definition) is 3. The first-order valence-corrected chi connectivity index (χ1v) is 5.19. The van der Waals surface area contributed by atoms with Gasteiger partial charge in [-0.25, -0.2) is 8.78 Å². The van der Waals surface area contributed by atoms with Gasteiger partial charge in [-0.05, 0) is 13.1 Å². The summed E-state index contributed by atoms with van der Waals surface area (Å²) in [5.74, 6) is -3.51. The molecule has 0 radical (unpaired) electrons. The second-order valence-corrected chi connectivity index (χ2v) is 3.58. The monoisotopic (exact) mass is 257 g/mol. The highest BCUT2D eigenvalue weighted by molar-refractivity contribution is 5.96. The van der Waals surface area contributed by atoms with Crippen LogP contribution in [0.25, 0.3) is 0 Å². The number of amides is 2. The van der Waals surface area contributed by atoms with E-state index in [9.17, 15) is 18.4 Å². The molecule has 0 aliphatic carbocycles. The SMILES string of the molecule is CNCCC(=O)Nc1cc(C(N)=O)c(F)cc1F. The van der Waals surface area contributed by atoms with Gasteiger partial charge in [0.1, 0.15) is 11.6 Å². The molecule has 0 fully saturated rings. The molecule has 0 spiro atoms. The quantitative estimate of drug-likeness (QED) is 0.722. The molecule has 0 heterocycles. The van der Waals surface area contributed by atoms with Crippen LogP contribution >= 0.6 is 0 Å². The second-order valence-electron chi connectivity index (χ2n) is 3.58. The minimum absolute atomic E-state index is 0.124. The first-order valence-electron chi connectivity index (χ1n) is 5.19. The minimum atomic E-state index is -1.06. The zero-order chi connectivity index (χ0) is 13.7. The molecule has 0 aliphatic rings. The van der Waals surface area contributed by atoms with Gasteiger partial charge in [0.25, 0.3) is 5.91 Å². The molecule has 0 bridgehead atoms. The lowest BCUT2D eigenvalue weighted by Crippen LogP contribution is -2.20. The Morgan fingerprint density at radius 3 is 2.50 bits per heavy atom. The smallest absolute Gasteiger partial charge is 0.251 e. The summed E-state index contributed by atoms with van der Waals surface area (Å²) in [6, 6.07) is 1.39. The molecular weight excluding hydrogens is 244 g/mol. The Balaban J connectivity index is 2.92. The summed E-state index contributed by atoms with van der Waals surface area (Å²) >= 11 is 0. The molecule has 7 heteroatoms. The predicted octanol–water partition coefficient (Wildman–Crippen LogP) is 0.612. The number of rotatable bonds is 5. The fourth-order valence-electron chi connectivity index (χ4n) is 1.28. The highest BCUT2D eigenvalue weighted by atomic mass is 19.1. The van der Waals surface area contributed by atoms with Crippen molar-refractivity contribution in [3.8, 4) is 0 Å². The van der Waals surface area contributed by atoms with Crippen molar-refractivity contribution in [2.45, 2.75) is 6.42 Å². The maximum atomic E-state index is 13.4. The first kappa shape index (κ1) is 14.0. The molecule has 1 aromatic rings. The van der Waals surface area contributed by atoms with Crippen molar-refractivity contribution in [1.82, 2.24) is 5.32 Å². The molecule has 1 rings (SSSR count). The fourth-order valence-corrected chi connectivity index (χ4v) is 1.28. The van der Waals surface area contributed by atoms with Gasteiger partial charge in [-0.3, -0.25) is 9.59 Å². The maximum Gasteiger partial charge on any atom is 0.251 e. The van der Waals surface area contributed by atoms with Crippen LogP contribution in [-0.4, -0.2) is 25.4 Å². The highest BCUT2D eigenvalue weighted by Gasteiger charge is 2.15. The lowest BCUT2D eigenvalue weighted by Gasteiger charge is -2.08. The zero-order valence-electron chi connectivity index (χ0n) is 9.72. The van der Waals surface area contributed by atoms with Crippen LogP contribution in [0.5, 0.6) is 0 Å². The molecule has 5 nitrogen and oxygen atoms in total. The molecule has 1 aromatic carbocycles. The zero-order valence-corrected chi connectivity index (χ0v) is 9.72. The van der Waals surface area contributed by atoms with E-state index in [1.807, 2.05) is 0 Å². The molecule has 2 amide bonds. The van der Waals surface area contributed by atoms with Crippen LogP contribution in [0.4, 0.5) is 14.5 Å². The molecule has 98 valence electrons. The van der Waals surface area contributed by atoms with Gasteiger partial charge in [0.15, 0.2) is 0 Å². The Morgan fingerprint density at radius 1 is 1.28 bits per heavy atom. The molecule has 0 unspecified atom stereocenters. The summed E-state index contributed by atoms with van der Waals surface area (Å²) in [6.45, 7) is 0.414. The van der Waals surface area contributed by atoms with Gasteiger partial charge in [0.2, 0.25) is 5.91 Å². The molecule has 0 saturated carbocycles. The van der Waals surface area contributed by atoms with E-state index in [-0.39, 0.29) is 12.1 Å². The predicted molar refractivity (Wildman–Crippen MR) is 62.0 cm³/mol. The van der Waals surface area contributed by atoms with Crippen LogP contribution in [-0.2, 0) is 4.79 Å². The number of nitrogens with two attached hydrogens (primary N) is 1. The fraction of sp³-hybridized carbons (Fsp3) is 0.273. The summed E-state index contributed by atoms with van der Waals surface area (Å²) in [7, 11) is 1.66. The Bertz CT molecular complexity index is 478. The van der Waals surface area contributed by atoms with E-state index in [2.05, 4.69) is 10.6 Å². The van der Waals surface area contributed by atoms with Crippen LogP contribution in [0.2, 0.25) is 0 Å². The molecule has 18 heavy (non-hydrogen) atoms. The molecule has 0 aromatic heterocycles. The van der Waals surface area contributed by atoms with Crippen molar-refractivity contribution in [2.75, 3.05) is 18.9 Å². The Hall–Kier alpha value is -2.02. The van der Waals surface area contributed by atoms with Crippen molar-refractivity contribution >= 4 is 17.5 Å². The van der Waals surface area contributed by atoms with Crippen molar-refractivity contribution in [1.29, 1.82) is 0 Å². The number of carbonyl (C=O) groups is 2.